The zero-order chi connectivity index (χ0) is 9.26. The van der Waals surface area contributed by atoms with Gasteiger partial charge in [0.15, 0.2) is 0 Å². The topological polar surface area (TPSA) is 25.8 Å². The molecule has 0 aromatic carbocycles. The Morgan fingerprint density at radius 1 is 1.31 bits per heavy atom. The van der Waals surface area contributed by atoms with Gasteiger partial charge in [0.1, 0.15) is 11.0 Å². The molecule has 1 aromatic heterocycles. The Labute approximate surface area is 83.4 Å². The molecular formula is C10H13ClN2. The van der Waals surface area contributed by atoms with Gasteiger partial charge in [-0.15, -0.1) is 0 Å². The van der Waals surface area contributed by atoms with Gasteiger partial charge in [0.05, 0.1) is 0 Å². The van der Waals surface area contributed by atoms with Gasteiger partial charge in [0, 0.05) is 17.7 Å². The van der Waals surface area contributed by atoms with Crippen LogP contribution in [0.25, 0.3) is 0 Å². The zero-order valence-electron chi connectivity index (χ0n) is 7.81. The summed E-state index contributed by atoms with van der Waals surface area (Å²) in [6.07, 6.45) is 5.33. The maximum atomic E-state index is 6.06. The Morgan fingerprint density at radius 3 is 2.92 bits per heavy atom. The maximum Gasteiger partial charge on any atom is 0.136 e. The molecular weight excluding hydrogens is 184 g/mol. The van der Waals surface area contributed by atoms with Gasteiger partial charge < -0.3 is 0 Å². The quantitative estimate of drug-likeness (QED) is 0.680. The van der Waals surface area contributed by atoms with Crippen molar-refractivity contribution in [2.75, 3.05) is 0 Å². The number of fused-ring (bicyclic) bond motifs is 1. The van der Waals surface area contributed by atoms with Gasteiger partial charge in [-0.2, -0.15) is 0 Å². The normalized spacial score (nSPS) is 14.6. The molecule has 0 radical (unpaired) electrons. The highest BCUT2D eigenvalue weighted by molar-refractivity contribution is 6.30. The Bertz CT molecular complexity index is 323. The highest BCUT2D eigenvalue weighted by Crippen LogP contribution is 2.25. The van der Waals surface area contributed by atoms with Gasteiger partial charge >= 0.3 is 0 Å². The van der Waals surface area contributed by atoms with Crippen LogP contribution in [0.4, 0.5) is 0 Å². The first-order chi connectivity index (χ1) is 6.31. The predicted molar refractivity (Wildman–Crippen MR) is 53.1 cm³/mol. The van der Waals surface area contributed by atoms with E-state index in [4.69, 9.17) is 11.6 Å². The van der Waals surface area contributed by atoms with Crippen LogP contribution in [0.3, 0.4) is 0 Å². The SMILES string of the molecule is CCCc1nc(Cl)c2c(n1)CCC2. The second kappa shape index (κ2) is 3.62. The van der Waals surface area contributed by atoms with Crippen LogP contribution in [-0.2, 0) is 19.3 Å². The van der Waals surface area contributed by atoms with E-state index in [1.165, 1.54) is 17.7 Å². The van der Waals surface area contributed by atoms with E-state index in [0.717, 1.165) is 31.5 Å². The average Bonchev–Trinajstić information content (AvgIpc) is 2.53. The third-order valence-electron chi connectivity index (χ3n) is 2.40. The van der Waals surface area contributed by atoms with Crippen molar-refractivity contribution < 1.29 is 0 Å². The van der Waals surface area contributed by atoms with Gasteiger partial charge in [-0.05, 0) is 25.7 Å². The van der Waals surface area contributed by atoms with Crippen LogP contribution in [-0.4, -0.2) is 9.97 Å². The Hall–Kier alpha value is -0.630. The summed E-state index contributed by atoms with van der Waals surface area (Å²) in [6.45, 7) is 2.13. The van der Waals surface area contributed by atoms with Crippen molar-refractivity contribution in [1.82, 2.24) is 9.97 Å². The summed E-state index contributed by atoms with van der Waals surface area (Å²) >= 11 is 6.06. The van der Waals surface area contributed by atoms with Gasteiger partial charge in [-0.1, -0.05) is 18.5 Å². The van der Waals surface area contributed by atoms with Gasteiger partial charge in [0.2, 0.25) is 0 Å². The first kappa shape index (κ1) is 8.95. The molecule has 0 saturated carbocycles. The number of hydrogen-bond donors (Lipinski definition) is 0. The van der Waals surface area contributed by atoms with Crippen molar-refractivity contribution in [3.63, 3.8) is 0 Å². The minimum Gasteiger partial charge on any atom is -0.238 e. The number of halogens is 1. The molecule has 0 spiro atoms. The third-order valence-corrected chi connectivity index (χ3v) is 2.72. The minimum absolute atomic E-state index is 0.686. The molecule has 0 unspecified atom stereocenters. The lowest BCUT2D eigenvalue weighted by Gasteiger charge is -2.03. The fourth-order valence-electron chi connectivity index (χ4n) is 1.77. The van der Waals surface area contributed by atoms with E-state index < -0.39 is 0 Å². The molecule has 3 heteroatoms. The summed E-state index contributed by atoms with van der Waals surface area (Å²) in [7, 11) is 0. The van der Waals surface area contributed by atoms with E-state index in [9.17, 15) is 0 Å². The molecule has 2 nitrogen and oxygen atoms in total. The maximum absolute atomic E-state index is 6.06. The molecule has 0 bridgehead atoms. The van der Waals surface area contributed by atoms with Crippen LogP contribution < -0.4 is 0 Å². The van der Waals surface area contributed by atoms with Crippen molar-refractivity contribution in [1.29, 1.82) is 0 Å². The molecule has 2 rings (SSSR count). The number of rotatable bonds is 2. The molecule has 1 heterocycles. The van der Waals surface area contributed by atoms with Crippen LogP contribution in [0.15, 0.2) is 0 Å². The van der Waals surface area contributed by atoms with Gasteiger partial charge in [0.25, 0.3) is 0 Å². The molecule has 0 N–H and O–H groups in total. The minimum atomic E-state index is 0.686. The molecule has 1 aliphatic rings. The molecule has 1 aromatic rings. The van der Waals surface area contributed by atoms with Crippen LogP contribution in [0.5, 0.6) is 0 Å². The van der Waals surface area contributed by atoms with E-state index >= 15 is 0 Å². The van der Waals surface area contributed by atoms with E-state index in [1.807, 2.05) is 0 Å². The van der Waals surface area contributed by atoms with E-state index in [-0.39, 0.29) is 0 Å². The van der Waals surface area contributed by atoms with Crippen LogP contribution in [0, 0.1) is 0 Å². The van der Waals surface area contributed by atoms with Crippen LogP contribution >= 0.6 is 11.6 Å². The van der Waals surface area contributed by atoms with Crippen LogP contribution in [0.1, 0.15) is 36.8 Å². The second-order valence-corrected chi connectivity index (χ2v) is 3.82. The summed E-state index contributed by atoms with van der Waals surface area (Å²) in [5, 5.41) is 0.686. The zero-order valence-corrected chi connectivity index (χ0v) is 8.56. The highest BCUT2D eigenvalue weighted by Gasteiger charge is 2.17. The largest absolute Gasteiger partial charge is 0.238 e. The molecule has 1 aliphatic carbocycles. The monoisotopic (exact) mass is 196 g/mol. The third kappa shape index (κ3) is 1.68. The Morgan fingerprint density at radius 2 is 2.15 bits per heavy atom. The van der Waals surface area contributed by atoms with Gasteiger partial charge in [-0.25, -0.2) is 9.97 Å². The van der Waals surface area contributed by atoms with Crippen molar-refractivity contribution in [3.8, 4) is 0 Å². The standard InChI is InChI=1S/C10H13ClN2/c1-2-4-9-12-8-6-3-5-7(8)10(11)13-9/h2-6H2,1H3. The van der Waals surface area contributed by atoms with Crippen molar-refractivity contribution in [2.24, 2.45) is 0 Å². The highest BCUT2D eigenvalue weighted by atomic mass is 35.5. The molecule has 0 saturated heterocycles. The second-order valence-electron chi connectivity index (χ2n) is 3.46. The molecule has 0 amide bonds. The lowest BCUT2D eigenvalue weighted by atomic mass is 10.2. The van der Waals surface area contributed by atoms with E-state index in [2.05, 4.69) is 16.9 Å². The molecule has 0 aliphatic heterocycles. The Balaban J connectivity index is 2.37. The Kier molecular flexibility index (Phi) is 2.49. The van der Waals surface area contributed by atoms with E-state index in [1.54, 1.807) is 0 Å². The van der Waals surface area contributed by atoms with Crippen molar-refractivity contribution >= 4 is 11.6 Å². The smallest absolute Gasteiger partial charge is 0.136 e. The lowest BCUT2D eigenvalue weighted by Crippen LogP contribution is -2.00. The first-order valence-electron chi connectivity index (χ1n) is 4.85. The average molecular weight is 197 g/mol. The fraction of sp³-hybridized carbons (Fsp3) is 0.600. The summed E-state index contributed by atoms with van der Waals surface area (Å²) < 4.78 is 0. The number of aromatic nitrogens is 2. The molecule has 0 fully saturated rings. The predicted octanol–water partition coefficient (Wildman–Crippen LogP) is 2.57. The summed E-state index contributed by atoms with van der Waals surface area (Å²) in [5.74, 6) is 0.910. The van der Waals surface area contributed by atoms with E-state index in [0.29, 0.717) is 5.15 Å². The first-order valence-corrected chi connectivity index (χ1v) is 5.23. The van der Waals surface area contributed by atoms with Crippen molar-refractivity contribution in [3.05, 3.63) is 22.2 Å². The summed E-state index contributed by atoms with van der Waals surface area (Å²) in [6, 6.07) is 0. The van der Waals surface area contributed by atoms with Gasteiger partial charge in [-0.3, -0.25) is 0 Å². The molecule has 0 atom stereocenters. The number of aryl methyl sites for hydroxylation is 2. The lowest BCUT2D eigenvalue weighted by molar-refractivity contribution is 0.815. The fourth-order valence-corrected chi connectivity index (χ4v) is 2.07. The van der Waals surface area contributed by atoms with Crippen LogP contribution in [0.2, 0.25) is 5.15 Å². The van der Waals surface area contributed by atoms with Crippen molar-refractivity contribution in [2.45, 2.75) is 39.0 Å². The molecule has 13 heavy (non-hydrogen) atoms. The summed E-state index contributed by atoms with van der Waals surface area (Å²) in [4.78, 5) is 8.80. The molecule has 70 valence electrons. The number of hydrogen-bond acceptors (Lipinski definition) is 2. The number of nitrogens with zero attached hydrogens (tertiary/aromatic N) is 2. The summed E-state index contributed by atoms with van der Waals surface area (Å²) in [5.41, 5.74) is 2.37.